The number of benzene rings is 1. The van der Waals surface area contributed by atoms with Gasteiger partial charge in [-0.25, -0.2) is 0 Å². The zero-order valence-corrected chi connectivity index (χ0v) is 12.5. The minimum Gasteiger partial charge on any atom is -0.345 e. The van der Waals surface area contributed by atoms with E-state index in [1.807, 2.05) is 42.3 Å². The molecule has 1 unspecified atom stereocenters. The Morgan fingerprint density at radius 1 is 1.32 bits per heavy atom. The molecule has 1 aliphatic carbocycles. The predicted molar refractivity (Wildman–Crippen MR) is 82.5 cm³/mol. The first-order chi connectivity index (χ1) is 9.16. The predicted octanol–water partition coefficient (Wildman–Crippen LogP) is 3.18. The van der Waals surface area contributed by atoms with Gasteiger partial charge in [-0.3, -0.25) is 4.79 Å². The van der Waals surface area contributed by atoms with Gasteiger partial charge in [-0.2, -0.15) is 12.6 Å². The van der Waals surface area contributed by atoms with E-state index in [4.69, 9.17) is 0 Å². The third-order valence-corrected chi connectivity index (χ3v) is 4.34. The van der Waals surface area contributed by atoms with E-state index in [1.165, 1.54) is 31.2 Å². The molecule has 19 heavy (non-hydrogen) atoms. The fourth-order valence-electron chi connectivity index (χ4n) is 2.85. The minimum atomic E-state index is -0.228. The number of amides is 1. The summed E-state index contributed by atoms with van der Waals surface area (Å²) in [4.78, 5) is 14.2. The van der Waals surface area contributed by atoms with Crippen LogP contribution in [0.2, 0.25) is 0 Å². The average molecular weight is 277 g/mol. The maximum atomic E-state index is 12.3. The summed E-state index contributed by atoms with van der Waals surface area (Å²) in [5.41, 5.74) is 1.17. The number of thiol groups is 1. The van der Waals surface area contributed by atoms with Crippen LogP contribution in [0.1, 0.15) is 31.2 Å². The van der Waals surface area contributed by atoms with Gasteiger partial charge >= 0.3 is 0 Å². The van der Waals surface area contributed by atoms with Gasteiger partial charge in [0.2, 0.25) is 5.91 Å². The molecule has 0 spiro atoms. The van der Waals surface area contributed by atoms with Gasteiger partial charge in [0.1, 0.15) is 0 Å². The standard InChI is InChI=1S/C16H23NOS/c1-17(12-14-9-5-6-10-14)16(18)15(19)11-13-7-3-2-4-8-13/h2-4,7-8,14-15,19H,5-6,9-12H2,1H3. The van der Waals surface area contributed by atoms with Gasteiger partial charge in [0, 0.05) is 13.6 Å². The normalized spacial score (nSPS) is 17.4. The first-order valence-corrected chi connectivity index (χ1v) is 7.65. The highest BCUT2D eigenvalue weighted by molar-refractivity contribution is 7.81. The quantitative estimate of drug-likeness (QED) is 0.820. The van der Waals surface area contributed by atoms with Crippen molar-refractivity contribution in [1.29, 1.82) is 0 Å². The van der Waals surface area contributed by atoms with Gasteiger partial charge in [0.15, 0.2) is 0 Å². The highest BCUT2D eigenvalue weighted by atomic mass is 32.1. The maximum absolute atomic E-state index is 12.3. The van der Waals surface area contributed by atoms with E-state index in [-0.39, 0.29) is 11.2 Å². The van der Waals surface area contributed by atoms with Crippen molar-refractivity contribution in [3.05, 3.63) is 35.9 Å². The molecule has 0 radical (unpaired) electrons. The van der Waals surface area contributed by atoms with Gasteiger partial charge in [0.25, 0.3) is 0 Å². The van der Waals surface area contributed by atoms with Crippen molar-refractivity contribution in [2.45, 2.75) is 37.4 Å². The van der Waals surface area contributed by atoms with Gasteiger partial charge in [-0.05, 0) is 30.7 Å². The van der Waals surface area contributed by atoms with E-state index >= 15 is 0 Å². The molecule has 3 heteroatoms. The zero-order valence-electron chi connectivity index (χ0n) is 11.6. The lowest BCUT2D eigenvalue weighted by Crippen LogP contribution is -2.37. The fraction of sp³-hybridized carbons (Fsp3) is 0.562. The van der Waals surface area contributed by atoms with E-state index in [0.717, 1.165) is 6.54 Å². The molecule has 1 atom stereocenters. The number of nitrogens with zero attached hydrogens (tertiary/aromatic N) is 1. The first kappa shape index (κ1) is 14.4. The maximum Gasteiger partial charge on any atom is 0.235 e. The van der Waals surface area contributed by atoms with E-state index < -0.39 is 0 Å². The van der Waals surface area contributed by atoms with Crippen LogP contribution in [0.25, 0.3) is 0 Å². The monoisotopic (exact) mass is 277 g/mol. The molecule has 1 amide bonds. The molecule has 1 saturated carbocycles. The summed E-state index contributed by atoms with van der Waals surface area (Å²) in [6.45, 7) is 0.894. The van der Waals surface area contributed by atoms with E-state index in [1.54, 1.807) is 0 Å². The van der Waals surface area contributed by atoms with E-state index in [0.29, 0.717) is 12.3 Å². The van der Waals surface area contributed by atoms with Crippen molar-refractivity contribution in [3.8, 4) is 0 Å². The van der Waals surface area contributed by atoms with Gasteiger partial charge in [-0.1, -0.05) is 43.2 Å². The Morgan fingerprint density at radius 2 is 1.95 bits per heavy atom. The second-order valence-electron chi connectivity index (χ2n) is 5.57. The Kier molecular flexibility index (Phi) is 5.32. The van der Waals surface area contributed by atoms with E-state index in [2.05, 4.69) is 12.6 Å². The molecular formula is C16H23NOS. The fourth-order valence-corrected chi connectivity index (χ4v) is 3.26. The van der Waals surface area contributed by atoms with Crippen molar-refractivity contribution in [2.75, 3.05) is 13.6 Å². The number of carbonyl (C=O) groups is 1. The summed E-state index contributed by atoms with van der Waals surface area (Å²) in [7, 11) is 1.91. The Balaban J connectivity index is 1.84. The van der Waals surface area contributed by atoms with Gasteiger partial charge in [-0.15, -0.1) is 0 Å². The van der Waals surface area contributed by atoms with Crippen LogP contribution in [0.5, 0.6) is 0 Å². The lowest BCUT2D eigenvalue weighted by molar-refractivity contribution is -0.129. The Hall–Kier alpha value is -0.960. The van der Waals surface area contributed by atoms with Crippen molar-refractivity contribution >= 4 is 18.5 Å². The molecule has 1 aromatic carbocycles. The number of rotatable bonds is 5. The smallest absolute Gasteiger partial charge is 0.235 e. The molecule has 2 nitrogen and oxygen atoms in total. The molecule has 2 rings (SSSR count). The minimum absolute atomic E-state index is 0.152. The van der Waals surface area contributed by atoms with Crippen LogP contribution in [0.4, 0.5) is 0 Å². The van der Waals surface area contributed by atoms with Crippen LogP contribution in [0.15, 0.2) is 30.3 Å². The molecule has 0 N–H and O–H groups in total. The van der Waals surface area contributed by atoms with Crippen LogP contribution in [-0.4, -0.2) is 29.6 Å². The molecule has 0 aliphatic heterocycles. The topological polar surface area (TPSA) is 20.3 Å². The molecule has 0 saturated heterocycles. The van der Waals surface area contributed by atoms with Crippen molar-refractivity contribution in [3.63, 3.8) is 0 Å². The van der Waals surface area contributed by atoms with Gasteiger partial charge in [0.05, 0.1) is 5.25 Å². The third kappa shape index (κ3) is 4.27. The molecule has 1 aromatic rings. The summed E-state index contributed by atoms with van der Waals surface area (Å²) < 4.78 is 0. The Bertz CT molecular complexity index is 400. The summed E-state index contributed by atoms with van der Waals surface area (Å²) >= 11 is 4.48. The highest BCUT2D eigenvalue weighted by Gasteiger charge is 2.23. The number of carbonyl (C=O) groups excluding carboxylic acids is 1. The van der Waals surface area contributed by atoms with Crippen molar-refractivity contribution in [1.82, 2.24) is 4.90 Å². The largest absolute Gasteiger partial charge is 0.345 e. The molecule has 1 fully saturated rings. The first-order valence-electron chi connectivity index (χ1n) is 7.14. The van der Waals surface area contributed by atoms with Crippen molar-refractivity contribution in [2.24, 2.45) is 5.92 Å². The van der Waals surface area contributed by atoms with Crippen LogP contribution in [-0.2, 0) is 11.2 Å². The SMILES string of the molecule is CN(CC1CCCC1)C(=O)C(S)Cc1ccccc1. The Labute approximate surface area is 121 Å². The second kappa shape index (κ2) is 6.99. The van der Waals surface area contributed by atoms with Crippen molar-refractivity contribution < 1.29 is 4.79 Å². The average Bonchev–Trinajstić information content (AvgIpc) is 2.91. The summed E-state index contributed by atoms with van der Waals surface area (Å²) in [6, 6.07) is 10.1. The van der Waals surface area contributed by atoms with Crippen LogP contribution >= 0.6 is 12.6 Å². The van der Waals surface area contributed by atoms with Crippen LogP contribution < -0.4 is 0 Å². The number of hydrogen-bond acceptors (Lipinski definition) is 2. The van der Waals surface area contributed by atoms with Crippen LogP contribution in [0.3, 0.4) is 0 Å². The molecule has 104 valence electrons. The summed E-state index contributed by atoms with van der Waals surface area (Å²) in [5, 5.41) is -0.228. The Morgan fingerprint density at radius 3 is 2.58 bits per heavy atom. The lowest BCUT2D eigenvalue weighted by atomic mass is 10.1. The molecule has 0 aromatic heterocycles. The molecular weight excluding hydrogens is 254 g/mol. The highest BCUT2D eigenvalue weighted by Crippen LogP contribution is 2.25. The van der Waals surface area contributed by atoms with Gasteiger partial charge < -0.3 is 4.90 Å². The van der Waals surface area contributed by atoms with Crippen LogP contribution in [0, 0.1) is 5.92 Å². The molecule has 0 bridgehead atoms. The van der Waals surface area contributed by atoms with E-state index in [9.17, 15) is 4.79 Å². The second-order valence-corrected chi connectivity index (χ2v) is 6.20. The summed E-state index contributed by atoms with van der Waals surface area (Å²) in [5.74, 6) is 0.852. The lowest BCUT2D eigenvalue weighted by Gasteiger charge is -2.24. The number of hydrogen-bond donors (Lipinski definition) is 1. The molecule has 0 heterocycles. The summed E-state index contributed by atoms with van der Waals surface area (Å²) in [6.07, 6.45) is 5.89. The zero-order chi connectivity index (χ0) is 13.7. The third-order valence-electron chi connectivity index (χ3n) is 3.94. The molecule has 1 aliphatic rings.